The monoisotopic (exact) mass is 324 g/mol. The summed E-state index contributed by atoms with van der Waals surface area (Å²) in [5, 5.41) is 7.91. The molecule has 0 aliphatic carbocycles. The van der Waals surface area contributed by atoms with Crippen LogP contribution in [0.5, 0.6) is 0 Å². The normalized spacial score (nSPS) is 16.8. The summed E-state index contributed by atoms with van der Waals surface area (Å²) in [5.74, 6) is 0.960. The van der Waals surface area contributed by atoms with Gasteiger partial charge in [-0.2, -0.15) is 5.10 Å². The van der Waals surface area contributed by atoms with E-state index in [0.29, 0.717) is 16.8 Å². The summed E-state index contributed by atoms with van der Waals surface area (Å²) in [6.45, 7) is 2.61. The van der Waals surface area contributed by atoms with E-state index in [4.69, 9.17) is 4.42 Å². The van der Waals surface area contributed by atoms with Gasteiger partial charge in [0.2, 0.25) is 0 Å². The molecule has 1 aliphatic rings. The first-order valence-electron chi connectivity index (χ1n) is 7.87. The third kappa shape index (κ3) is 2.47. The molecule has 7 nitrogen and oxygen atoms in total. The van der Waals surface area contributed by atoms with E-state index in [1.165, 1.54) is 0 Å². The lowest BCUT2D eigenvalue weighted by Gasteiger charge is -2.22. The Morgan fingerprint density at radius 1 is 1.38 bits per heavy atom. The van der Waals surface area contributed by atoms with Crippen LogP contribution in [0.4, 0.5) is 0 Å². The summed E-state index contributed by atoms with van der Waals surface area (Å²) >= 11 is 0. The Balaban J connectivity index is 1.66. The number of carbonyl (C=O) groups is 1. The number of rotatable bonds is 2. The molecule has 0 fully saturated rings. The Bertz CT molecular complexity index is 989. The molecule has 1 atom stereocenters. The summed E-state index contributed by atoms with van der Waals surface area (Å²) in [5.41, 5.74) is -0.172. The van der Waals surface area contributed by atoms with Crippen LogP contribution in [-0.4, -0.2) is 20.7 Å². The molecule has 1 N–H and O–H groups in total. The van der Waals surface area contributed by atoms with E-state index in [2.05, 4.69) is 15.4 Å². The van der Waals surface area contributed by atoms with E-state index in [-0.39, 0.29) is 11.6 Å². The maximum absolute atomic E-state index is 12.6. The number of hydrogen-bond acceptors (Lipinski definition) is 5. The zero-order chi connectivity index (χ0) is 16.7. The van der Waals surface area contributed by atoms with Crippen LogP contribution in [0.1, 0.15) is 40.9 Å². The number of nitrogens with one attached hydrogen (secondary N) is 1. The maximum Gasteiger partial charge on any atom is 0.349 e. The number of nitrogens with zero attached hydrogens (tertiary/aromatic N) is 3. The maximum atomic E-state index is 12.6. The minimum Gasteiger partial charge on any atom is -0.422 e. The third-order valence-corrected chi connectivity index (χ3v) is 4.17. The molecule has 1 aliphatic heterocycles. The van der Waals surface area contributed by atoms with Gasteiger partial charge in [-0.05, 0) is 31.9 Å². The summed E-state index contributed by atoms with van der Waals surface area (Å²) in [6, 6.07) is 8.42. The first-order valence-corrected chi connectivity index (χ1v) is 7.87. The van der Waals surface area contributed by atoms with E-state index in [0.717, 1.165) is 25.2 Å². The van der Waals surface area contributed by atoms with Gasteiger partial charge in [-0.25, -0.2) is 14.5 Å². The van der Waals surface area contributed by atoms with E-state index in [9.17, 15) is 9.59 Å². The summed E-state index contributed by atoms with van der Waals surface area (Å²) in [7, 11) is 0. The number of aryl methyl sites for hydroxylation is 2. The second-order valence-electron chi connectivity index (χ2n) is 5.89. The van der Waals surface area contributed by atoms with Crippen molar-refractivity contribution >= 4 is 16.9 Å². The molecule has 3 aromatic rings. The van der Waals surface area contributed by atoms with Gasteiger partial charge < -0.3 is 9.73 Å². The van der Waals surface area contributed by atoms with Crippen LogP contribution in [0.3, 0.4) is 0 Å². The van der Waals surface area contributed by atoms with E-state index in [1.54, 1.807) is 24.3 Å². The van der Waals surface area contributed by atoms with Crippen molar-refractivity contribution in [2.45, 2.75) is 32.4 Å². The number of carbonyl (C=O) groups excluding carboxylic acids is 1. The van der Waals surface area contributed by atoms with E-state index < -0.39 is 11.5 Å². The lowest BCUT2D eigenvalue weighted by Crippen LogP contribution is -2.35. The molecule has 24 heavy (non-hydrogen) atoms. The fourth-order valence-corrected chi connectivity index (χ4v) is 3.06. The Morgan fingerprint density at radius 2 is 2.21 bits per heavy atom. The highest BCUT2D eigenvalue weighted by molar-refractivity contribution is 5.96. The van der Waals surface area contributed by atoms with Gasteiger partial charge in [0.15, 0.2) is 0 Å². The lowest BCUT2D eigenvalue weighted by atomic mass is 10.1. The topological polar surface area (TPSA) is 90.0 Å². The van der Waals surface area contributed by atoms with Crippen LogP contribution in [-0.2, 0) is 6.54 Å². The Hall–Kier alpha value is -2.96. The van der Waals surface area contributed by atoms with Gasteiger partial charge in [0.05, 0.1) is 6.04 Å². The van der Waals surface area contributed by atoms with Crippen molar-refractivity contribution in [1.29, 1.82) is 0 Å². The van der Waals surface area contributed by atoms with Gasteiger partial charge in [0.25, 0.3) is 5.91 Å². The minimum atomic E-state index is -0.639. The molecule has 122 valence electrons. The predicted octanol–water partition coefficient (Wildman–Crippen LogP) is 1.96. The number of fused-ring (bicyclic) bond motifs is 2. The first-order chi connectivity index (χ1) is 11.6. The van der Waals surface area contributed by atoms with Gasteiger partial charge in [-0.15, -0.1) is 0 Å². The lowest BCUT2D eigenvalue weighted by molar-refractivity contribution is 0.0923. The summed E-state index contributed by atoms with van der Waals surface area (Å²) in [4.78, 5) is 29.1. The highest BCUT2D eigenvalue weighted by atomic mass is 16.4. The Morgan fingerprint density at radius 3 is 3.08 bits per heavy atom. The number of aromatic nitrogens is 3. The zero-order valence-electron chi connectivity index (χ0n) is 13.2. The van der Waals surface area contributed by atoms with Crippen molar-refractivity contribution < 1.29 is 9.21 Å². The SMILES string of the molecule is Cc1nc2n(n1)CCCC2NC(=O)c1cc2ccccc2oc1=O. The molecule has 0 saturated heterocycles. The van der Waals surface area contributed by atoms with Crippen molar-refractivity contribution in [3.8, 4) is 0 Å². The standard InChI is InChI=1S/C17H16N4O3/c1-10-18-15-13(6-4-8-21(15)20-10)19-16(22)12-9-11-5-2-3-7-14(11)24-17(12)23/h2-3,5,7,9,13H,4,6,8H2,1H3,(H,19,22). The minimum absolute atomic E-state index is 0.00191. The second-order valence-corrected chi connectivity index (χ2v) is 5.89. The molecule has 0 spiro atoms. The molecule has 4 rings (SSSR count). The molecular weight excluding hydrogens is 308 g/mol. The van der Waals surface area contributed by atoms with Crippen LogP contribution < -0.4 is 10.9 Å². The highest BCUT2D eigenvalue weighted by Gasteiger charge is 2.26. The average molecular weight is 324 g/mol. The first kappa shape index (κ1) is 14.6. The fraction of sp³-hybridized carbons (Fsp3) is 0.294. The number of para-hydroxylation sites is 1. The molecule has 0 bridgehead atoms. The van der Waals surface area contributed by atoms with Crippen LogP contribution >= 0.6 is 0 Å². The molecule has 2 aromatic heterocycles. The van der Waals surface area contributed by atoms with Crippen molar-refractivity contribution in [1.82, 2.24) is 20.1 Å². The average Bonchev–Trinajstić information content (AvgIpc) is 2.95. The highest BCUT2D eigenvalue weighted by Crippen LogP contribution is 2.23. The molecule has 7 heteroatoms. The van der Waals surface area contributed by atoms with Gasteiger partial charge in [-0.3, -0.25) is 4.79 Å². The number of hydrogen-bond donors (Lipinski definition) is 1. The molecule has 1 unspecified atom stereocenters. The van der Waals surface area contributed by atoms with Crippen LogP contribution in [0.2, 0.25) is 0 Å². The van der Waals surface area contributed by atoms with Crippen LogP contribution in [0, 0.1) is 6.92 Å². The van der Waals surface area contributed by atoms with E-state index >= 15 is 0 Å². The molecule has 1 aromatic carbocycles. The molecule has 3 heterocycles. The largest absolute Gasteiger partial charge is 0.422 e. The fourth-order valence-electron chi connectivity index (χ4n) is 3.06. The molecule has 1 amide bonds. The van der Waals surface area contributed by atoms with Crippen LogP contribution in [0.15, 0.2) is 39.5 Å². The summed E-state index contributed by atoms with van der Waals surface area (Å²) < 4.78 is 7.04. The molecular formula is C17H16N4O3. The smallest absolute Gasteiger partial charge is 0.349 e. The van der Waals surface area contributed by atoms with Gasteiger partial charge in [0.1, 0.15) is 22.8 Å². The van der Waals surface area contributed by atoms with Crippen LogP contribution in [0.25, 0.3) is 11.0 Å². The van der Waals surface area contributed by atoms with E-state index in [1.807, 2.05) is 17.7 Å². The predicted molar refractivity (Wildman–Crippen MR) is 86.7 cm³/mol. The third-order valence-electron chi connectivity index (χ3n) is 4.17. The second kappa shape index (κ2) is 5.59. The quantitative estimate of drug-likeness (QED) is 0.728. The molecule has 0 radical (unpaired) electrons. The number of amides is 1. The van der Waals surface area contributed by atoms with Gasteiger partial charge in [-0.1, -0.05) is 18.2 Å². The number of benzene rings is 1. The van der Waals surface area contributed by atoms with Gasteiger partial charge in [0, 0.05) is 11.9 Å². The van der Waals surface area contributed by atoms with Crippen molar-refractivity contribution in [3.05, 3.63) is 58.0 Å². The van der Waals surface area contributed by atoms with Crippen molar-refractivity contribution in [2.24, 2.45) is 0 Å². The Labute approximate surface area is 137 Å². The summed E-state index contributed by atoms with van der Waals surface area (Å²) in [6.07, 6.45) is 1.66. The van der Waals surface area contributed by atoms with Crippen molar-refractivity contribution in [3.63, 3.8) is 0 Å². The Kier molecular flexibility index (Phi) is 3.41. The zero-order valence-corrected chi connectivity index (χ0v) is 13.2. The van der Waals surface area contributed by atoms with Gasteiger partial charge >= 0.3 is 5.63 Å². The molecule has 0 saturated carbocycles. The van der Waals surface area contributed by atoms with Crippen molar-refractivity contribution in [2.75, 3.05) is 0 Å².